The summed E-state index contributed by atoms with van der Waals surface area (Å²) in [6.07, 6.45) is 8.41. The molecule has 132 valence electrons. The first-order valence-corrected chi connectivity index (χ1v) is 10.2. The second kappa shape index (κ2) is 10.8. The van der Waals surface area contributed by atoms with Gasteiger partial charge in [0, 0.05) is 36.2 Å². The van der Waals surface area contributed by atoms with Gasteiger partial charge in [-0.3, -0.25) is 4.99 Å². The highest BCUT2D eigenvalue weighted by Gasteiger charge is 2.21. The van der Waals surface area contributed by atoms with Crippen molar-refractivity contribution in [3.8, 4) is 0 Å². The van der Waals surface area contributed by atoms with E-state index in [1.165, 1.54) is 36.3 Å². The van der Waals surface area contributed by atoms with Gasteiger partial charge in [-0.05, 0) is 39.4 Å². The van der Waals surface area contributed by atoms with Crippen LogP contribution in [0.1, 0.15) is 41.3 Å². The van der Waals surface area contributed by atoms with Crippen LogP contribution >= 0.6 is 47.1 Å². The van der Waals surface area contributed by atoms with E-state index in [1.54, 1.807) is 11.3 Å². The highest BCUT2D eigenvalue weighted by Crippen LogP contribution is 2.26. The molecule has 1 aliphatic carbocycles. The highest BCUT2D eigenvalue weighted by atomic mass is 127. The second-order valence-corrected chi connectivity index (χ2v) is 8.28. The minimum atomic E-state index is 0. The van der Waals surface area contributed by atoms with Crippen molar-refractivity contribution in [1.82, 2.24) is 15.6 Å². The number of nitrogens with one attached hydrogen (secondary N) is 2. The predicted octanol–water partition coefficient (Wildman–Crippen LogP) is 3.76. The number of hydrogen-bond acceptors (Lipinski definition) is 4. The van der Waals surface area contributed by atoms with Crippen molar-refractivity contribution in [3.05, 3.63) is 15.6 Å². The summed E-state index contributed by atoms with van der Waals surface area (Å²) in [4.78, 5) is 10.2. The van der Waals surface area contributed by atoms with Crippen LogP contribution in [0.2, 0.25) is 0 Å². The summed E-state index contributed by atoms with van der Waals surface area (Å²) in [6, 6.07) is 0.560. The van der Waals surface area contributed by atoms with E-state index in [2.05, 4.69) is 40.7 Å². The van der Waals surface area contributed by atoms with Gasteiger partial charge in [-0.2, -0.15) is 11.8 Å². The summed E-state index contributed by atoms with van der Waals surface area (Å²) in [6.45, 7) is 5.07. The average Bonchev–Trinajstić information content (AvgIpc) is 2.84. The number of rotatable bonds is 5. The molecule has 2 atom stereocenters. The molecule has 1 fully saturated rings. The third-order valence-corrected chi connectivity index (χ3v) is 6.40. The molecule has 4 nitrogen and oxygen atoms in total. The lowest BCUT2D eigenvalue weighted by atomic mass is 9.95. The fraction of sp³-hybridized carbons (Fsp3) is 0.750. The number of guanidine groups is 1. The number of aliphatic imine (C=N–C) groups is 1. The number of thioether (sulfide) groups is 1. The van der Waals surface area contributed by atoms with Crippen LogP contribution in [0.5, 0.6) is 0 Å². The molecule has 0 saturated heterocycles. The summed E-state index contributed by atoms with van der Waals surface area (Å²) < 4.78 is 0. The van der Waals surface area contributed by atoms with Crippen LogP contribution in [-0.4, -0.2) is 42.1 Å². The Balaban J connectivity index is 0.00000264. The molecule has 0 aliphatic heterocycles. The van der Waals surface area contributed by atoms with Crippen molar-refractivity contribution in [2.75, 3.05) is 19.8 Å². The molecule has 2 rings (SSSR count). The first-order chi connectivity index (χ1) is 10.6. The zero-order valence-electron chi connectivity index (χ0n) is 14.5. The zero-order chi connectivity index (χ0) is 15.9. The van der Waals surface area contributed by atoms with Crippen molar-refractivity contribution in [3.63, 3.8) is 0 Å². The molecular formula is C16H29IN4S2. The Bertz CT molecular complexity index is 504. The Morgan fingerprint density at radius 3 is 2.78 bits per heavy atom. The summed E-state index contributed by atoms with van der Waals surface area (Å²) in [5, 5.41) is 8.99. The standard InChI is InChI=1S/C16H28N4S2.HI/c1-11-15(22-12(2)19-11)8-9-18-16(17-3)20-13-6-5-7-14(10-13)21-4;/h13-14H,5-10H2,1-4H3,(H2,17,18,20);1H. The van der Waals surface area contributed by atoms with E-state index >= 15 is 0 Å². The van der Waals surface area contributed by atoms with Crippen LogP contribution in [0.4, 0.5) is 0 Å². The Morgan fingerprint density at radius 1 is 1.39 bits per heavy atom. The first kappa shape index (κ1) is 21.0. The molecule has 2 unspecified atom stereocenters. The van der Waals surface area contributed by atoms with Gasteiger partial charge in [0.05, 0.1) is 10.7 Å². The fourth-order valence-corrected chi connectivity index (χ4v) is 4.74. The van der Waals surface area contributed by atoms with Crippen molar-refractivity contribution in [2.45, 2.75) is 57.2 Å². The molecule has 1 heterocycles. The summed E-state index contributed by atoms with van der Waals surface area (Å²) in [7, 11) is 1.85. The van der Waals surface area contributed by atoms with Crippen molar-refractivity contribution in [2.24, 2.45) is 4.99 Å². The minimum Gasteiger partial charge on any atom is -0.356 e. The molecule has 0 bridgehead atoms. The number of halogens is 1. The molecule has 23 heavy (non-hydrogen) atoms. The third-order valence-electron chi connectivity index (χ3n) is 4.17. The SMILES string of the molecule is CN=C(NCCc1sc(C)nc1C)NC1CCCC(SC)C1.I. The predicted molar refractivity (Wildman–Crippen MR) is 115 cm³/mol. The normalized spacial score (nSPS) is 21.7. The Kier molecular flexibility index (Phi) is 9.84. The largest absolute Gasteiger partial charge is 0.356 e. The second-order valence-electron chi connectivity index (χ2n) is 5.86. The Hall–Kier alpha value is -0.0200. The van der Waals surface area contributed by atoms with Crippen LogP contribution < -0.4 is 10.6 Å². The molecule has 1 aromatic rings. The van der Waals surface area contributed by atoms with Gasteiger partial charge in [0.25, 0.3) is 0 Å². The molecule has 1 aliphatic rings. The first-order valence-electron chi connectivity index (χ1n) is 8.05. The topological polar surface area (TPSA) is 49.3 Å². The van der Waals surface area contributed by atoms with Crippen LogP contribution in [0.25, 0.3) is 0 Å². The van der Waals surface area contributed by atoms with Crippen LogP contribution in [0, 0.1) is 13.8 Å². The number of thiazole rings is 1. The molecule has 1 saturated carbocycles. The maximum atomic E-state index is 4.48. The van der Waals surface area contributed by atoms with E-state index < -0.39 is 0 Å². The molecule has 2 N–H and O–H groups in total. The van der Waals surface area contributed by atoms with Crippen LogP contribution in [-0.2, 0) is 6.42 Å². The Morgan fingerprint density at radius 2 is 2.17 bits per heavy atom. The fourth-order valence-electron chi connectivity index (χ4n) is 2.98. The van der Waals surface area contributed by atoms with E-state index in [-0.39, 0.29) is 24.0 Å². The number of aromatic nitrogens is 1. The van der Waals surface area contributed by atoms with E-state index in [0.29, 0.717) is 6.04 Å². The molecule has 0 radical (unpaired) electrons. The van der Waals surface area contributed by atoms with E-state index in [4.69, 9.17) is 0 Å². The van der Waals surface area contributed by atoms with Gasteiger partial charge < -0.3 is 10.6 Å². The molecular weight excluding hydrogens is 439 g/mol. The third kappa shape index (κ3) is 6.78. The number of aryl methyl sites for hydroxylation is 2. The van der Waals surface area contributed by atoms with Gasteiger partial charge in [0.1, 0.15) is 0 Å². The van der Waals surface area contributed by atoms with Gasteiger partial charge in [0.15, 0.2) is 5.96 Å². The van der Waals surface area contributed by atoms with Crippen molar-refractivity contribution in [1.29, 1.82) is 0 Å². The quantitative estimate of drug-likeness (QED) is 0.393. The highest BCUT2D eigenvalue weighted by molar-refractivity contribution is 14.0. The van der Waals surface area contributed by atoms with Gasteiger partial charge in [0.2, 0.25) is 0 Å². The molecule has 0 amide bonds. The molecule has 1 aromatic heterocycles. The molecule has 0 spiro atoms. The average molecular weight is 468 g/mol. The van der Waals surface area contributed by atoms with E-state index in [1.807, 2.05) is 18.8 Å². The number of hydrogen-bond donors (Lipinski definition) is 2. The molecule has 7 heteroatoms. The maximum absolute atomic E-state index is 4.48. The smallest absolute Gasteiger partial charge is 0.191 e. The lowest BCUT2D eigenvalue weighted by molar-refractivity contribution is 0.419. The zero-order valence-corrected chi connectivity index (χ0v) is 18.5. The number of nitrogens with zero attached hydrogens (tertiary/aromatic N) is 2. The van der Waals surface area contributed by atoms with Crippen LogP contribution in [0.15, 0.2) is 4.99 Å². The van der Waals surface area contributed by atoms with Crippen LogP contribution in [0.3, 0.4) is 0 Å². The molecule has 0 aromatic carbocycles. The monoisotopic (exact) mass is 468 g/mol. The van der Waals surface area contributed by atoms with Gasteiger partial charge in [-0.15, -0.1) is 35.3 Å². The summed E-state index contributed by atoms with van der Waals surface area (Å²) in [5.74, 6) is 0.936. The van der Waals surface area contributed by atoms with Gasteiger partial charge in [-0.1, -0.05) is 6.42 Å². The van der Waals surface area contributed by atoms with E-state index in [9.17, 15) is 0 Å². The lowest BCUT2D eigenvalue weighted by Gasteiger charge is -2.29. The maximum Gasteiger partial charge on any atom is 0.191 e. The van der Waals surface area contributed by atoms with Crippen molar-refractivity contribution >= 4 is 53.0 Å². The summed E-state index contributed by atoms with van der Waals surface area (Å²) in [5.41, 5.74) is 1.17. The summed E-state index contributed by atoms with van der Waals surface area (Å²) >= 11 is 3.80. The Labute approximate surface area is 165 Å². The van der Waals surface area contributed by atoms with E-state index in [0.717, 1.165) is 29.2 Å². The lowest BCUT2D eigenvalue weighted by Crippen LogP contribution is -2.46. The van der Waals surface area contributed by atoms with Gasteiger partial charge in [-0.25, -0.2) is 4.98 Å². The minimum absolute atomic E-state index is 0. The van der Waals surface area contributed by atoms with Crippen molar-refractivity contribution < 1.29 is 0 Å². The van der Waals surface area contributed by atoms with Gasteiger partial charge >= 0.3 is 0 Å².